The van der Waals surface area contributed by atoms with Crippen molar-refractivity contribution in [1.82, 2.24) is 35.1 Å². The molecule has 3 saturated heterocycles. The van der Waals surface area contributed by atoms with Crippen molar-refractivity contribution >= 4 is 28.9 Å². The number of hydrogen-bond acceptors (Lipinski definition) is 8. The van der Waals surface area contributed by atoms with E-state index >= 15 is 0 Å². The minimum Gasteiger partial charge on any atom is -0.453 e. The number of nitrogens with zero attached hydrogens (tertiary/aromatic N) is 4. The van der Waals surface area contributed by atoms with Crippen LogP contribution in [0.15, 0.2) is 73.1 Å². The second-order valence-corrected chi connectivity index (χ2v) is 17.5. The molecule has 5 aromatic rings. The lowest BCUT2D eigenvalue weighted by Crippen LogP contribution is -2.55. The third kappa shape index (κ3) is 7.80. The predicted octanol–water partition coefficient (Wildman–Crippen LogP) is 8.56. The van der Waals surface area contributed by atoms with E-state index in [4.69, 9.17) is 24.2 Å². The summed E-state index contributed by atoms with van der Waals surface area (Å²) in [5.74, 6) is 1.81. The maximum atomic E-state index is 14.3. The number of imidazole rings is 2. The number of ether oxygens (including phenoxy) is 3. The molecule has 3 N–H and O–H groups in total. The zero-order valence-electron chi connectivity index (χ0n) is 34.2. The van der Waals surface area contributed by atoms with Gasteiger partial charge in [0.15, 0.2) is 0 Å². The molecule has 308 valence electrons. The van der Waals surface area contributed by atoms with E-state index in [2.05, 4.69) is 75.9 Å². The van der Waals surface area contributed by atoms with E-state index in [9.17, 15) is 14.4 Å². The third-order valence-corrected chi connectivity index (χ3v) is 12.6. The summed E-state index contributed by atoms with van der Waals surface area (Å²) in [6.07, 6.45) is 8.93. The Morgan fingerprint density at radius 1 is 0.814 bits per heavy atom. The quantitative estimate of drug-likeness (QED) is 0.141. The number of fused-ring (bicyclic) bond motifs is 3. The number of benzene rings is 3. The first-order valence-corrected chi connectivity index (χ1v) is 21.0. The van der Waals surface area contributed by atoms with Crippen LogP contribution < -0.4 is 5.32 Å². The zero-order valence-corrected chi connectivity index (χ0v) is 34.2. The van der Waals surface area contributed by atoms with Gasteiger partial charge in [-0.25, -0.2) is 19.6 Å². The van der Waals surface area contributed by atoms with Gasteiger partial charge < -0.3 is 34.4 Å². The molecule has 0 radical (unpaired) electrons. The number of amides is 3. The van der Waals surface area contributed by atoms with Crippen molar-refractivity contribution in [2.24, 2.45) is 11.8 Å². The second kappa shape index (κ2) is 15.8. The molecule has 3 aliphatic heterocycles. The van der Waals surface area contributed by atoms with Crippen molar-refractivity contribution in [2.75, 3.05) is 26.9 Å². The highest BCUT2D eigenvalue weighted by molar-refractivity contribution is 5.91. The highest BCUT2D eigenvalue weighted by Crippen LogP contribution is 2.50. The number of carbonyl (C=O) groups is 3. The molecule has 2 bridgehead atoms. The van der Waals surface area contributed by atoms with Gasteiger partial charge >= 0.3 is 12.2 Å². The molecule has 5 unspecified atom stereocenters. The average molecular weight is 800 g/mol. The maximum Gasteiger partial charge on any atom is 0.410 e. The van der Waals surface area contributed by atoms with Crippen molar-refractivity contribution in [2.45, 2.75) is 95.5 Å². The lowest BCUT2D eigenvalue weighted by atomic mass is 9.89. The number of carbonyl (C=O) groups excluding carboxylic acids is 3. The van der Waals surface area contributed by atoms with Crippen molar-refractivity contribution in [3.63, 3.8) is 0 Å². The highest BCUT2D eigenvalue weighted by atomic mass is 16.6. The van der Waals surface area contributed by atoms with E-state index < -0.39 is 17.7 Å². The molecule has 3 amide bonds. The molecule has 5 atom stereocenters. The molecule has 0 spiro atoms. The lowest BCUT2D eigenvalue weighted by Gasteiger charge is -2.39. The first-order valence-electron chi connectivity index (χ1n) is 21.0. The van der Waals surface area contributed by atoms with Crippen LogP contribution in [0.2, 0.25) is 0 Å². The Balaban J connectivity index is 0.891. The predicted molar refractivity (Wildman–Crippen MR) is 223 cm³/mol. The third-order valence-electron chi connectivity index (χ3n) is 12.6. The summed E-state index contributed by atoms with van der Waals surface area (Å²) in [7, 11) is 1.33. The average Bonchev–Trinajstić information content (AvgIpc) is 4.10. The number of hydrogen-bond donors (Lipinski definition) is 3. The van der Waals surface area contributed by atoms with Gasteiger partial charge in [-0.2, -0.15) is 0 Å². The van der Waals surface area contributed by atoms with Crippen LogP contribution >= 0.6 is 0 Å². The number of aromatic nitrogens is 4. The van der Waals surface area contributed by atoms with Crippen molar-refractivity contribution in [3.05, 3.63) is 84.7 Å². The molecule has 59 heavy (non-hydrogen) atoms. The van der Waals surface area contributed by atoms with Crippen molar-refractivity contribution < 1.29 is 28.6 Å². The number of methoxy groups -OCH3 is 1. The van der Waals surface area contributed by atoms with Gasteiger partial charge in [0.05, 0.1) is 43.0 Å². The van der Waals surface area contributed by atoms with Crippen LogP contribution in [-0.2, 0) is 19.0 Å². The molecule has 2 aromatic heterocycles. The number of likely N-dealkylation sites (tertiary alicyclic amines) is 2. The van der Waals surface area contributed by atoms with E-state index in [1.54, 1.807) is 4.90 Å². The molecule has 5 heterocycles. The Kier molecular flexibility index (Phi) is 10.4. The van der Waals surface area contributed by atoms with E-state index in [0.29, 0.717) is 38.5 Å². The van der Waals surface area contributed by atoms with Gasteiger partial charge in [-0.15, -0.1) is 0 Å². The number of aromatic amines is 2. The second-order valence-electron chi connectivity index (χ2n) is 17.5. The van der Waals surface area contributed by atoms with Gasteiger partial charge in [-0.05, 0) is 117 Å². The normalized spacial score (nSPS) is 22.5. The Morgan fingerprint density at radius 3 is 2.19 bits per heavy atom. The molecule has 3 aromatic carbocycles. The van der Waals surface area contributed by atoms with E-state index in [-0.39, 0.29) is 36.0 Å². The standard InChI is InChI=1S/C46H53N7O6/c1-46(2,3)59-45(56)52-19-5-6-38(52)41-47-26-37(49-41)33-14-13-31-22-30(11-12-32(31)23-33)27-7-9-28(10-8-27)36-25-48-42(50-36)40-34-15-16-35(24-34)53(40)43(54)39(51-44(55)57-4)29-17-20-58-21-18-29/h7-14,22-23,25-26,29,34-35,38-40H,5-6,15-21,24H2,1-4H3,(H,47,49)(H,48,50)(H,51,55). The van der Waals surface area contributed by atoms with Crippen LogP contribution in [0.25, 0.3) is 44.4 Å². The summed E-state index contributed by atoms with van der Waals surface area (Å²) >= 11 is 0. The highest BCUT2D eigenvalue weighted by Gasteiger charge is 2.52. The Morgan fingerprint density at radius 2 is 1.46 bits per heavy atom. The first-order chi connectivity index (χ1) is 28.5. The minimum atomic E-state index is -0.668. The van der Waals surface area contributed by atoms with Crippen LogP contribution in [0.1, 0.15) is 89.4 Å². The van der Waals surface area contributed by atoms with E-state index in [1.165, 1.54) is 7.11 Å². The van der Waals surface area contributed by atoms with E-state index in [1.807, 2.05) is 38.1 Å². The molecular formula is C46H53N7O6. The maximum absolute atomic E-state index is 14.3. The summed E-state index contributed by atoms with van der Waals surface area (Å²) in [6.45, 7) is 7.46. The van der Waals surface area contributed by atoms with Gasteiger partial charge in [-0.1, -0.05) is 48.5 Å². The fourth-order valence-corrected chi connectivity index (χ4v) is 9.75. The summed E-state index contributed by atoms with van der Waals surface area (Å²) in [5, 5.41) is 5.13. The van der Waals surface area contributed by atoms with Gasteiger partial charge in [0.2, 0.25) is 5.91 Å². The zero-order chi connectivity index (χ0) is 40.8. The van der Waals surface area contributed by atoms with Gasteiger partial charge in [-0.3, -0.25) is 9.69 Å². The fraction of sp³-hybridized carbons (Fsp3) is 0.457. The SMILES string of the molecule is COC(=O)NC(C(=O)N1C2CCC(C2)C1c1ncc(-c2ccc(-c3ccc4cc(-c5cnc(C6CCCN6C(=O)OC(C)(C)C)[nH]5)ccc4c3)cc2)[nH]1)C1CCOCC1. The van der Waals surface area contributed by atoms with Crippen LogP contribution in [-0.4, -0.2) is 92.4 Å². The van der Waals surface area contributed by atoms with Crippen molar-refractivity contribution in [3.8, 4) is 33.6 Å². The van der Waals surface area contributed by atoms with Gasteiger partial charge in [0, 0.05) is 31.4 Å². The van der Waals surface area contributed by atoms with E-state index in [0.717, 1.165) is 88.2 Å². The monoisotopic (exact) mass is 799 g/mol. The molecule has 4 fully saturated rings. The van der Waals surface area contributed by atoms with Crippen LogP contribution in [0.5, 0.6) is 0 Å². The Bertz CT molecular complexity index is 2340. The van der Waals surface area contributed by atoms with Crippen LogP contribution in [0, 0.1) is 11.8 Å². The molecule has 9 rings (SSSR count). The summed E-state index contributed by atoms with van der Waals surface area (Å²) < 4.78 is 16.2. The molecule has 1 aliphatic carbocycles. The summed E-state index contributed by atoms with van der Waals surface area (Å²) in [5.41, 5.74) is 5.52. The van der Waals surface area contributed by atoms with Gasteiger partial charge in [0.1, 0.15) is 23.3 Å². The topological polar surface area (TPSA) is 155 Å². The molecular weight excluding hydrogens is 747 g/mol. The summed E-state index contributed by atoms with van der Waals surface area (Å²) in [6, 6.07) is 20.5. The number of piperidine rings is 1. The lowest BCUT2D eigenvalue weighted by molar-refractivity contribution is -0.140. The Hall–Kier alpha value is -5.69. The molecule has 13 heteroatoms. The molecule has 1 saturated carbocycles. The largest absolute Gasteiger partial charge is 0.453 e. The smallest absolute Gasteiger partial charge is 0.410 e. The van der Waals surface area contributed by atoms with Gasteiger partial charge in [0.25, 0.3) is 0 Å². The number of nitrogens with one attached hydrogen (secondary N) is 3. The van der Waals surface area contributed by atoms with Crippen LogP contribution in [0.4, 0.5) is 9.59 Å². The molecule has 13 nitrogen and oxygen atoms in total. The summed E-state index contributed by atoms with van der Waals surface area (Å²) in [4.78, 5) is 60.0. The Labute approximate surface area is 344 Å². The molecule has 4 aliphatic rings. The van der Waals surface area contributed by atoms with Crippen LogP contribution in [0.3, 0.4) is 0 Å². The number of alkyl carbamates (subject to hydrolysis) is 1. The minimum absolute atomic E-state index is 0.0145. The number of H-pyrrole nitrogens is 2. The van der Waals surface area contributed by atoms with Crippen molar-refractivity contribution in [1.29, 1.82) is 0 Å². The first kappa shape index (κ1) is 38.8. The number of rotatable bonds is 8. The fourth-order valence-electron chi connectivity index (χ4n) is 9.75.